The third-order valence-electron chi connectivity index (χ3n) is 18.5. The van der Waals surface area contributed by atoms with Crippen molar-refractivity contribution in [2.75, 3.05) is 119 Å². The van der Waals surface area contributed by atoms with E-state index in [0.717, 1.165) is 99.9 Å². The first-order valence-electron chi connectivity index (χ1n) is 38.9. The van der Waals surface area contributed by atoms with Crippen LogP contribution in [0.1, 0.15) is 132 Å². The molecule has 0 bridgehead atoms. The number of aliphatic hydroxyl groups excluding tert-OH is 1. The molecule has 0 spiro atoms. The number of piperazine rings is 2. The van der Waals surface area contributed by atoms with Gasteiger partial charge in [0.25, 0.3) is 0 Å². The Kier molecular flexibility index (Phi) is 37.5. The highest BCUT2D eigenvalue weighted by atomic mass is 31.1. The van der Waals surface area contributed by atoms with E-state index in [0.29, 0.717) is 51.4 Å². The minimum Gasteiger partial charge on any atom is -0.508 e. The molecule has 5 fully saturated rings. The molecule has 2 aliphatic carbocycles. The topological polar surface area (TPSA) is 278 Å². The molecule has 6 amide bonds. The van der Waals surface area contributed by atoms with Gasteiger partial charge in [0, 0.05) is 128 Å². The van der Waals surface area contributed by atoms with Gasteiger partial charge >= 0.3 is 36.4 Å². The summed E-state index contributed by atoms with van der Waals surface area (Å²) in [7, 11) is 3.32. The number of imidazole rings is 2. The Morgan fingerprint density at radius 3 is 1.22 bits per heavy atom. The molecular weight excluding hydrogens is 1430 g/mol. The minimum atomic E-state index is -0.898. The molecule has 602 valence electrons. The van der Waals surface area contributed by atoms with Crippen molar-refractivity contribution in [1.82, 2.24) is 48.5 Å². The van der Waals surface area contributed by atoms with Crippen LogP contribution in [-0.4, -0.2) is 238 Å². The van der Waals surface area contributed by atoms with Crippen LogP contribution < -0.4 is 20.7 Å². The standard InChI is InChI=1S/C28H41N5O4.C18H15P.C17H21N3O2.C11H22N2O3.C6H10N2O4.C4H8O/c1-28(2,3)37-27(35)32-16-14-31(15-17-32)18-19-36-24-12-10-22(11-13-24)25-20-33(21-29-25)26(34)30(4)23-8-6-5-7-9-23;1-4-10-16(11-5-1)19(17-12-6-2-7-13-17)18-14-8-3-9-15-18;1-19(14-5-3-2-4-6-14)17(22)20-11-16(18-12-20)13-7-9-15(21)10-8-13;1-11(2,3)16-10(15)13-6-4-12(5-7-13)8-9-14;1-3-11-5(9)7-8-6(10)12-4-2;1-2-4-5-3-1/h10-13,20-21,23H,5-9,14-19H2,1-4H3;1-15H;7-12,14,21H,2-6H2,1H3;14H,4-9H2,1-3H3;3-4H2,1-2H3;1-4H2. The number of aromatic hydroxyl groups is 1. The fourth-order valence-corrected chi connectivity index (χ4v) is 14.9. The predicted octanol–water partition coefficient (Wildman–Crippen LogP) is 14.7. The number of hydrogen-bond acceptors (Lipinski definition) is 18. The Labute approximate surface area is 656 Å². The van der Waals surface area contributed by atoms with E-state index in [-0.39, 0.29) is 49.8 Å². The maximum absolute atomic E-state index is 12.9. The molecule has 111 heavy (non-hydrogen) atoms. The molecule has 3 aliphatic heterocycles. The lowest BCUT2D eigenvalue weighted by Crippen LogP contribution is -2.50. The summed E-state index contributed by atoms with van der Waals surface area (Å²) in [5.41, 5.74) is 2.41. The number of phenols is 1. The Bertz CT molecular complexity index is 3760. The zero-order valence-corrected chi connectivity index (χ0v) is 67.5. The number of aliphatic hydroxyl groups is 1. The van der Waals surface area contributed by atoms with Crippen molar-refractivity contribution in [1.29, 1.82) is 0 Å². The molecule has 5 aromatic carbocycles. The maximum atomic E-state index is 12.9. The van der Waals surface area contributed by atoms with E-state index in [2.05, 4.69) is 130 Å². The highest BCUT2D eigenvalue weighted by Crippen LogP contribution is 2.33. The number of benzene rings is 5. The van der Waals surface area contributed by atoms with Crippen molar-refractivity contribution in [3.63, 3.8) is 0 Å². The minimum absolute atomic E-state index is 0.0301. The third kappa shape index (κ3) is 31.6. The number of amides is 6. The molecule has 2 N–H and O–H groups in total. The second kappa shape index (κ2) is 46.9. The molecule has 0 unspecified atom stereocenters. The summed E-state index contributed by atoms with van der Waals surface area (Å²) < 4.78 is 33.5. The number of carbonyl (C=O) groups is 6. The van der Waals surface area contributed by atoms with Gasteiger partial charge in [0.2, 0.25) is 0 Å². The van der Waals surface area contributed by atoms with Crippen molar-refractivity contribution in [3.05, 3.63) is 165 Å². The van der Waals surface area contributed by atoms with Crippen LogP contribution in [0.4, 0.5) is 28.8 Å². The Balaban J connectivity index is 0.000000200. The summed E-state index contributed by atoms with van der Waals surface area (Å²) in [6, 6.07) is 47.5. The number of nitrogens with zero attached hydrogens (tertiary/aromatic N) is 12. The number of azo groups is 1. The largest absolute Gasteiger partial charge is 0.508 e. The van der Waals surface area contributed by atoms with Crippen LogP contribution in [0.15, 0.2) is 175 Å². The van der Waals surface area contributed by atoms with Crippen molar-refractivity contribution in [2.45, 2.75) is 156 Å². The summed E-state index contributed by atoms with van der Waals surface area (Å²) in [6.07, 6.45) is 18.6. The molecule has 27 heteroatoms. The average Bonchev–Trinajstić information content (AvgIpc) is 1.82. The SMILES string of the molecule is C1CCOC1.CC(C)(C)OC(=O)N1CCN(CCO)CC1.CCOC(=O)N=NC(=O)OCC.CN(C(=O)n1cnc(-c2ccc(O)cc2)c1)C1CCCCC1.CN(C(=O)n1cnc(-c2ccc(OCCN3CCN(C(=O)OC(C)(C)C)CC3)cc2)c1)C1CCCCC1.c1ccc(P(c2ccccc2)c2ccccc2)cc1. The molecule has 2 saturated carbocycles. The number of rotatable bonds is 15. The van der Waals surface area contributed by atoms with Crippen LogP contribution in [0.2, 0.25) is 0 Å². The van der Waals surface area contributed by atoms with Crippen LogP contribution >= 0.6 is 7.92 Å². The van der Waals surface area contributed by atoms with Crippen molar-refractivity contribution in [3.8, 4) is 34.0 Å². The van der Waals surface area contributed by atoms with Crippen LogP contribution in [0.3, 0.4) is 0 Å². The smallest absolute Gasteiger partial charge is 0.452 e. The molecule has 7 aromatic rings. The van der Waals surface area contributed by atoms with E-state index < -0.39 is 31.3 Å². The fraction of sp³-hybridized carbons (Fsp3) is 0.500. The monoisotopic (exact) mass is 1550 g/mol. The van der Waals surface area contributed by atoms with Gasteiger partial charge in [-0.05, 0) is 166 Å². The Morgan fingerprint density at radius 1 is 0.505 bits per heavy atom. The van der Waals surface area contributed by atoms with E-state index >= 15 is 0 Å². The lowest BCUT2D eigenvalue weighted by molar-refractivity contribution is 0.0125. The van der Waals surface area contributed by atoms with E-state index in [1.54, 1.807) is 77.5 Å². The summed E-state index contributed by atoms with van der Waals surface area (Å²) >= 11 is 0. The maximum Gasteiger partial charge on any atom is 0.452 e. The predicted molar refractivity (Wildman–Crippen MR) is 433 cm³/mol. The van der Waals surface area contributed by atoms with Gasteiger partial charge in [-0.1, -0.05) is 140 Å². The summed E-state index contributed by atoms with van der Waals surface area (Å²) in [4.78, 5) is 90.7. The summed E-state index contributed by atoms with van der Waals surface area (Å²) in [6.45, 7) is 25.0. The molecule has 5 aliphatic rings. The first kappa shape index (κ1) is 88.6. The second-order valence-electron chi connectivity index (χ2n) is 29.2. The Hall–Kier alpha value is -9.59. The lowest BCUT2D eigenvalue weighted by atomic mass is 9.95. The number of carbonyl (C=O) groups excluding carboxylic acids is 6. The molecule has 0 atom stereocenters. The number of hydrogen-bond donors (Lipinski definition) is 2. The van der Waals surface area contributed by atoms with Gasteiger partial charge in [0.15, 0.2) is 0 Å². The number of phenolic OH excluding ortho intramolecular Hbond substituents is 1. The van der Waals surface area contributed by atoms with Gasteiger partial charge in [-0.15, -0.1) is 0 Å². The second-order valence-corrected chi connectivity index (χ2v) is 31.4. The average molecular weight is 1550 g/mol. The zero-order valence-electron chi connectivity index (χ0n) is 66.6. The van der Waals surface area contributed by atoms with Gasteiger partial charge in [0.1, 0.15) is 42.0 Å². The summed E-state index contributed by atoms with van der Waals surface area (Å²) in [5.74, 6) is 1.01. The van der Waals surface area contributed by atoms with E-state index in [4.69, 9.17) is 24.1 Å². The first-order valence-corrected chi connectivity index (χ1v) is 40.2. The zero-order chi connectivity index (χ0) is 80.0. The molecule has 12 rings (SSSR count). The number of β-amino-alcohol motifs (C(OH)–C–C–N with tert-alkyl or cyclic N) is 1. The van der Waals surface area contributed by atoms with Crippen LogP contribution in [0, 0.1) is 0 Å². The van der Waals surface area contributed by atoms with E-state index in [1.807, 2.05) is 89.7 Å². The molecule has 5 heterocycles. The highest BCUT2D eigenvalue weighted by molar-refractivity contribution is 7.79. The molecule has 26 nitrogen and oxygen atoms in total. The van der Waals surface area contributed by atoms with Crippen molar-refractivity contribution >= 4 is 60.3 Å². The molecule has 0 radical (unpaired) electrons. The van der Waals surface area contributed by atoms with Gasteiger partial charge < -0.3 is 58.2 Å². The van der Waals surface area contributed by atoms with Gasteiger partial charge in [-0.25, -0.2) is 38.7 Å². The quantitative estimate of drug-likeness (QED) is 0.0548. The summed E-state index contributed by atoms with van der Waals surface area (Å²) in [5, 5.41) is 28.2. The van der Waals surface area contributed by atoms with Crippen LogP contribution in [0.5, 0.6) is 11.5 Å². The molecule has 2 aromatic heterocycles. The number of aromatic nitrogens is 4. The fourth-order valence-electron chi connectivity index (χ4n) is 12.6. The van der Waals surface area contributed by atoms with Gasteiger partial charge in [0.05, 0.1) is 31.2 Å². The van der Waals surface area contributed by atoms with Crippen molar-refractivity contribution in [2.24, 2.45) is 10.2 Å². The van der Waals surface area contributed by atoms with Crippen LogP contribution in [-0.2, 0) is 23.7 Å². The normalized spacial score (nSPS) is 15.6. The molecular formula is C84H117N12O14P. The third-order valence-corrected chi connectivity index (χ3v) is 21.0. The number of ether oxygens (including phenoxy) is 6. The lowest BCUT2D eigenvalue weighted by Gasteiger charge is -2.35. The van der Waals surface area contributed by atoms with Gasteiger partial charge in [-0.3, -0.25) is 18.9 Å². The highest BCUT2D eigenvalue weighted by Gasteiger charge is 2.29. The van der Waals surface area contributed by atoms with Gasteiger partial charge in [-0.2, -0.15) is 0 Å². The van der Waals surface area contributed by atoms with Crippen LogP contribution in [0.25, 0.3) is 22.5 Å². The van der Waals surface area contributed by atoms with Crippen molar-refractivity contribution < 1.29 is 67.4 Å². The molecule has 3 saturated heterocycles. The Morgan fingerprint density at radius 2 is 0.874 bits per heavy atom. The van der Waals surface area contributed by atoms with E-state index in [1.165, 1.54) is 71.8 Å². The van der Waals surface area contributed by atoms with E-state index in [9.17, 15) is 33.9 Å². The first-order chi connectivity index (χ1) is 53.4.